The van der Waals surface area contributed by atoms with Crippen molar-refractivity contribution in [2.75, 3.05) is 7.11 Å². The normalized spacial score (nSPS) is 14.4. The maximum absolute atomic E-state index is 12.9. The number of carbonyl (C=O) groups is 1. The second-order valence-electron chi connectivity index (χ2n) is 8.00. The van der Waals surface area contributed by atoms with E-state index in [0.29, 0.717) is 11.6 Å². The summed E-state index contributed by atoms with van der Waals surface area (Å²) in [6.45, 7) is 2.10. The number of aromatic nitrogens is 3. The van der Waals surface area contributed by atoms with Crippen molar-refractivity contribution in [3.8, 4) is 11.4 Å². The molecule has 7 nitrogen and oxygen atoms in total. The van der Waals surface area contributed by atoms with Gasteiger partial charge in [-0.3, -0.25) is 14.4 Å². The molecule has 4 aromatic rings. The van der Waals surface area contributed by atoms with E-state index in [0.717, 1.165) is 33.9 Å². The van der Waals surface area contributed by atoms with Crippen LogP contribution in [0.2, 0.25) is 0 Å². The van der Waals surface area contributed by atoms with E-state index in [1.165, 1.54) is 0 Å². The lowest BCUT2D eigenvalue weighted by molar-refractivity contribution is -0.145. The Morgan fingerprint density at radius 3 is 2.41 bits per heavy atom. The molecule has 0 bridgehead atoms. The lowest BCUT2D eigenvalue weighted by Gasteiger charge is -2.14. The lowest BCUT2D eigenvalue weighted by atomic mass is 9.99. The van der Waals surface area contributed by atoms with Crippen molar-refractivity contribution in [1.29, 1.82) is 0 Å². The summed E-state index contributed by atoms with van der Waals surface area (Å²) in [4.78, 5) is 17.9. The van der Waals surface area contributed by atoms with Crippen LogP contribution >= 0.6 is 0 Å². The average Bonchev–Trinajstić information content (AvgIpc) is 3.20. The zero-order valence-electron chi connectivity index (χ0n) is 19.0. The van der Waals surface area contributed by atoms with Gasteiger partial charge in [0.2, 0.25) is 0 Å². The Bertz CT molecular complexity index is 1360. The second kappa shape index (κ2) is 9.31. The molecule has 0 spiro atoms. The number of benzene rings is 3. The van der Waals surface area contributed by atoms with Gasteiger partial charge >= 0.3 is 5.97 Å². The van der Waals surface area contributed by atoms with Gasteiger partial charge in [0.1, 0.15) is 24.2 Å². The minimum Gasteiger partial charge on any atom is -0.496 e. The molecule has 3 aromatic carbocycles. The minimum atomic E-state index is -0.572. The fourth-order valence-corrected chi connectivity index (χ4v) is 4.19. The van der Waals surface area contributed by atoms with Crippen LogP contribution in [-0.4, -0.2) is 33.6 Å². The van der Waals surface area contributed by atoms with Gasteiger partial charge in [-0.2, -0.15) is 0 Å². The zero-order valence-corrected chi connectivity index (χ0v) is 19.0. The molecule has 0 fully saturated rings. The number of carbonyl (C=O) groups excluding carboxylic acids is 1. The predicted molar refractivity (Wildman–Crippen MR) is 128 cm³/mol. The number of ether oxygens (including phenoxy) is 2. The first-order valence-corrected chi connectivity index (χ1v) is 11.1. The molecular formula is C27H24N4O3. The molecule has 170 valence electrons. The standard InChI is InChI=1S/C27H24N4O3/c1-18-29-30-27-22(16-25(32)34-17-19-10-4-3-5-11-19)28-26(21-13-7-9-15-24(21)33-2)20-12-6-8-14-23(20)31(18)27/h3-15,22H,16-17H2,1-2H3. The number of aryl methyl sites for hydroxylation is 1. The summed E-state index contributed by atoms with van der Waals surface area (Å²) in [6, 6.07) is 24.7. The lowest BCUT2D eigenvalue weighted by Crippen LogP contribution is -2.13. The third kappa shape index (κ3) is 4.08. The summed E-state index contributed by atoms with van der Waals surface area (Å²) < 4.78 is 13.2. The van der Waals surface area contributed by atoms with Crippen LogP contribution in [0.1, 0.15) is 40.8 Å². The van der Waals surface area contributed by atoms with E-state index in [1.807, 2.05) is 90.4 Å². The van der Waals surface area contributed by atoms with Crippen molar-refractivity contribution in [3.05, 3.63) is 107 Å². The van der Waals surface area contributed by atoms with E-state index in [-0.39, 0.29) is 19.0 Å². The van der Waals surface area contributed by atoms with Crippen LogP contribution in [-0.2, 0) is 16.1 Å². The molecular weight excluding hydrogens is 428 g/mol. The van der Waals surface area contributed by atoms with Gasteiger partial charge in [0.05, 0.1) is 24.9 Å². The van der Waals surface area contributed by atoms with Crippen molar-refractivity contribution < 1.29 is 14.3 Å². The Balaban J connectivity index is 1.57. The van der Waals surface area contributed by atoms with Crippen molar-refractivity contribution in [1.82, 2.24) is 14.8 Å². The number of nitrogens with zero attached hydrogens (tertiary/aromatic N) is 4. The van der Waals surface area contributed by atoms with Crippen LogP contribution in [0.4, 0.5) is 0 Å². The van der Waals surface area contributed by atoms with Crippen LogP contribution < -0.4 is 4.74 Å². The molecule has 1 aliphatic rings. The van der Waals surface area contributed by atoms with Gasteiger partial charge in [0, 0.05) is 11.1 Å². The molecule has 1 aliphatic heterocycles. The van der Waals surface area contributed by atoms with Crippen LogP contribution in [0.5, 0.6) is 5.75 Å². The SMILES string of the molecule is COc1ccccc1C1=NC(CC(=O)OCc2ccccc2)c2nnc(C)n2-c2ccccc21. The van der Waals surface area contributed by atoms with E-state index in [1.54, 1.807) is 7.11 Å². The van der Waals surface area contributed by atoms with Crippen molar-refractivity contribution >= 4 is 11.7 Å². The highest BCUT2D eigenvalue weighted by Crippen LogP contribution is 2.34. The Kier molecular flexibility index (Phi) is 5.91. The summed E-state index contributed by atoms with van der Waals surface area (Å²) in [5.74, 6) is 1.68. The smallest absolute Gasteiger partial charge is 0.308 e. The molecule has 0 radical (unpaired) electrons. The number of fused-ring (bicyclic) bond motifs is 3. The molecule has 34 heavy (non-hydrogen) atoms. The van der Waals surface area contributed by atoms with Crippen molar-refractivity contribution in [3.63, 3.8) is 0 Å². The van der Waals surface area contributed by atoms with Crippen LogP contribution in [0.25, 0.3) is 5.69 Å². The molecule has 0 amide bonds. The number of hydrogen-bond donors (Lipinski definition) is 0. The third-order valence-electron chi connectivity index (χ3n) is 5.80. The van der Waals surface area contributed by atoms with Crippen LogP contribution in [0, 0.1) is 6.92 Å². The Morgan fingerprint density at radius 2 is 1.62 bits per heavy atom. The van der Waals surface area contributed by atoms with Gasteiger partial charge in [0.25, 0.3) is 0 Å². The largest absolute Gasteiger partial charge is 0.496 e. The van der Waals surface area contributed by atoms with Crippen LogP contribution in [0.15, 0.2) is 83.9 Å². The summed E-state index contributed by atoms with van der Waals surface area (Å²) in [5, 5.41) is 8.69. The van der Waals surface area contributed by atoms with Gasteiger partial charge in [-0.15, -0.1) is 10.2 Å². The van der Waals surface area contributed by atoms with E-state index in [2.05, 4.69) is 10.2 Å². The first-order chi connectivity index (χ1) is 16.7. The van der Waals surface area contributed by atoms with Crippen molar-refractivity contribution in [2.24, 2.45) is 4.99 Å². The summed E-state index contributed by atoms with van der Waals surface area (Å²) in [5.41, 5.74) is 4.33. The van der Waals surface area contributed by atoms with E-state index in [9.17, 15) is 4.79 Å². The maximum atomic E-state index is 12.9. The number of hydrogen-bond acceptors (Lipinski definition) is 6. The highest BCUT2D eigenvalue weighted by Gasteiger charge is 2.30. The molecule has 2 heterocycles. The van der Waals surface area contributed by atoms with Gasteiger partial charge in [-0.1, -0.05) is 60.7 Å². The summed E-state index contributed by atoms with van der Waals surface area (Å²) in [6.07, 6.45) is 0.0393. The fraction of sp³-hybridized carbons (Fsp3) is 0.185. The second-order valence-corrected chi connectivity index (χ2v) is 8.00. The third-order valence-corrected chi connectivity index (χ3v) is 5.80. The molecule has 1 atom stereocenters. The maximum Gasteiger partial charge on any atom is 0.308 e. The monoisotopic (exact) mass is 452 g/mol. The number of methoxy groups -OCH3 is 1. The first-order valence-electron chi connectivity index (χ1n) is 11.1. The molecule has 1 aromatic heterocycles. The highest BCUT2D eigenvalue weighted by atomic mass is 16.5. The summed E-state index contributed by atoms with van der Waals surface area (Å²) in [7, 11) is 1.64. The number of rotatable bonds is 6. The van der Waals surface area contributed by atoms with Gasteiger partial charge in [-0.05, 0) is 30.7 Å². The minimum absolute atomic E-state index is 0.0393. The molecule has 7 heteroatoms. The molecule has 0 N–H and O–H groups in total. The van der Waals surface area contributed by atoms with E-state index < -0.39 is 6.04 Å². The topological polar surface area (TPSA) is 78.6 Å². The molecule has 0 saturated carbocycles. The quantitative estimate of drug-likeness (QED) is 0.399. The fourth-order valence-electron chi connectivity index (χ4n) is 4.19. The van der Waals surface area contributed by atoms with Gasteiger partial charge < -0.3 is 9.47 Å². The Hall–Kier alpha value is -4.26. The highest BCUT2D eigenvalue weighted by molar-refractivity contribution is 6.16. The summed E-state index contributed by atoms with van der Waals surface area (Å²) >= 11 is 0. The van der Waals surface area contributed by atoms with Gasteiger partial charge in [0.15, 0.2) is 5.82 Å². The number of para-hydroxylation sites is 2. The molecule has 0 aliphatic carbocycles. The first kappa shape index (κ1) is 21.6. The zero-order chi connectivity index (χ0) is 23.5. The molecule has 5 rings (SSSR count). The van der Waals surface area contributed by atoms with Gasteiger partial charge in [-0.25, -0.2) is 0 Å². The number of aliphatic imine (C=N–C) groups is 1. The Labute approximate surface area is 197 Å². The molecule has 1 unspecified atom stereocenters. The molecule has 0 saturated heterocycles. The average molecular weight is 453 g/mol. The van der Waals surface area contributed by atoms with E-state index >= 15 is 0 Å². The van der Waals surface area contributed by atoms with Crippen LogP contribution in [0.3, 0.4) is 0 Å². The predicted octanol–water partition coefficient (Wildman–Crippen LogP) is 4.61. The van der Waals surface area contributed by atoms with E-state index in [4.69, 9.17) is 14.5 Å². The Morgan fingerprint density at radius 1 is 0.912 bits per heavy atom. The number of esters is 1. The van der Waals surface area contributed by atoms with Crippen molar-refractivity contribution in [2.45, 2.75) is 26.0 Å².